The highest BCUT2D eigenvalue weighted by molar-refractivity contribution is 5.76. The molecule has 0 unspecified atom stereocenters. The number of halogens is 3. The van der Waals surface area contributed by atoms with Crippen molar-refractivity contribution in [2.24, 2.45) is 0 Å². The molecule has 2 aromatic rings. The molecule has 1 aromatic carbocycles. The Balaban J connectivity index is 2.17. The zero-order valence-corrected chi connectivity index (χ0v) is 9.21. The summed E-state index contributed by atoms with van der Waals surface area (Å²) in [6, 6.07) is 3.33. The molecule has 18 heavy (non-hydrogen) atoms. The Morgan fingerprint density at radius 2 is 2.00 bits per heavy atom. The third-order valence-electron chi connectivity index (χ3n) is 3.17. The number of aromatic amines is 1. The van der Waals surface area contributed by atoms with Crippen molar-refractivity contribution in [2.45, 2.75) is 12.2 Å². The van der Waals surface area contributed by atoms with Crippen LogP contribution in [0.15, 0.2) is 23.0 Å². The van der Waals surface area contributed by atoms with Crippen LogP contribution in [0.5, 0.6) is 0 Å². The summed E-state index contributed by atoms with van der Waals surface area (Å²) in [6.07, 6.45) is -4.40. The Hall–Kier alpha value is -1.76. The molecule has 0 radical (unpaired) electrons. The molecule has 96 valence electrons. The normalized spacial score (nSPS) is 17.1. The number of rotatable bonds is 1. The number of nitrogens with zero attached hydrogens (tertiary/aromatic N) is 1. The molecular weight excluding hydrogens is 247 g/mol. The zero-order chi connectivity index (χ0) is 12.9. The molecule has 0 amide bonds. The van der Waals surface area contributed by atoms with E-state index in [1.54, 1.807) is 0 Å². The predicted molar refractivity (Wildman–Crippen MR) is 59.5 cm³/mol. The minimum absolute atomic E-state index is 0.0167. The second-order valence-electron chi connectivity index (χ2n) is 4.34. The standard InChI is InChI=1S/C11H10F3N3O/c12-11(13,14)6-1-2-9-8(3-6)16-10(18)17(9)7-4-15-5-7/h1-3,7,15H,4-5H2,(H,16,18). The minimum atomic E-state index is -4.40. The fraction of sp³-hybridized carbons (Fsp3) is 0.364. The van der Waals surface area contributed by atoms with Crippen LogP contribution in [0, 0.1) is 0 Å². The van der Waals surface area contributed by atoms with Crippen LogP contribution in [0.3, 0.4) is 0 Å². The molecule has 1 aromatic heterocycles. The highest BCUT2D eigenvalue weighted by Gasteiger charge is 2.31. The first-order valence-corrected chi connectivity index (χ1v) is 5.49. The van der Waals surface area contributed by atoms with E-state index >= 15 is 0 Å². The second-order valence-corrected chi connectivity index (χ2v) is 4.34. The van der Waals surface area contributed by atoms with Gasteiger partial charge < -0.3 is 10.3 Å². The average molecular weight is 257 g/mol. The van der Waals surface area contributed by atoms with Gasteiger partial charge in [-0.2, -0.15) is 13.2 Å². The maximum Gasteiger partial charge on any atom is 0.416 e. The van der Waals surface area contributed by atoms with Crippen molar-refractivity contribution in [3.8, 4) is 0 Å². The third-order valence-corrected chi connectivity index (χ3v) is 3.17. The summed E-state index contributed by atoms with van der Waals surface area (Å²) in [7, 11) is 0. The van der Waals surface area contributed by atoms with Crippen molar-refractivity contribution in [1.29, 1.82) is 0 Å². The summed E-state index contributed by atoms with van der Waals surface area (Å²) in [6.45, 7) is 1.32. The van der Waals surface area contributed by atoms with Gasteiger partial charge in [0.05, 0.1) is 22.6 Å². The maximum atomic E-state index is 12.6. The fourth-order valence-electron chi connectivity index (χ4n) is 2.13. The third kappa shape index (κ3) is 1.62. The molecule has 0 bridgehead atoms. The summed E-state index contributed by atoms with van der Waals surface area (Å²) < 4.78 is 39.2. The Labute approximate surface area is 99.4 Å². The van der Waals surface area contributed by atoms with E-state index in [9.17, 15) is 18.0 Å². The van der Waals surface area contributed by atoms with E-state index in [4.69, 9.17) is 0 Å². The molecule has 0 spiro atoms. The number of hydrogen-bond donors (Lipinski definition) is 2. The van der Waals surface area contributed by atoms with Crippen LogP contribution in [0.4, 0.5) is 13.2 Å². The Bertz CT molecular complexity index is 652. The summed E-state index contributed by atoms with van der Waals surface area (Å²) in [5, 5.41) is 3.02. The zero-order valence-electron chi connectivity index (χ0n) is 9.21. The van der Waals surface area contributed by atoms with Gasteiger partial charge in [0.15, 0.2) is 0 Å². The largest absolute Gasteiger partial charge is 0.416 e. The quantitative estimate of drug-likeness (QED) is 0.813. The summed E-state index contributed by atoms with van der Waals surface area (Å²) in [5.41, 5.74) is -0.382. The van der Waals surface area contributed by atoms with Crippen LogP contribution >= 0.6 is 0 Å². The van der Waals surface area contributed by atoms with Gasteiger partial charge in [-0.25, -0.2) is 4.79 Å². The van der Waals surface area contributed by atoms with Gasteiger partial charge in [-0.3, -0.25) is 4.57 Å². The molecule has 4 nitrogen and oxygen atoms in total. The smallest absolute Gasteiger partial charge is 0.313 e. The van der Waals surface area contributed by atoms with Crippen LogP contribution in [-0.2, 0) is 6.18 Å². The average Bonchev–Trinajstić information content (AvgIpc) is 2.51. The van der Waals surface area contributed by atoms with Crippen LogP contribution in [0.2, 0.25) is 0 Å². The van der Waals surface area contributed by atoms with Crippen molar-refractivity contribution in [3.05, 3.63) is 34.2 Å². The van der Waals surface area contributed by atoms with Crippen molar-refractivity contribution in [3.63, 3.8) is 0 Å². The first-order valence-electron chi connectivity index (χ1n) is 5.49. The first kappa shape index (κ1) is 11.3. The molecule has 0 atom stereocenters. The first-order chi connectivity index (χ1) is 8.47. The molecule has 2 N–H and O–H groups in total. The van der Waals surface area contributed by atoms with Crippen LogP contribution < -0.4 is 11.0 Å². The number of fused-ring (bicyclic) bond motifs is 1. The van der Waals surface area contributed by atoms with Crippen molar-refractivity contribution >= 4 is 11.0 Å². The number of aromatic nitrogens is 2. The van der Waals surface area contributed by atoms with Crippen LogP contribution in [0.1, 0.15) is 11.6 Å². The van der Waals surface area contributed by atoms with Crippen LogP contribution in [0.25, 0.3) is 11.0 Å². The summed E-state index contributed by atoms with van der Waals surface area (Å²) >= 11 is 0. The van der Waals surface area contributed by atoms with Gasteiger partial charge in [0.2, 0.25) is 0 Å². The molecular formula is C11H10F3N3O. The molecule has 0 saturated carbocycles. The lowest BCUT2D eigenvalue weighted by Crippen LogP contribution is -2.46. The molecule has 3 rings (SSSR count). The number of alkyl halides is 3. The Morgan fingerprint density at radius 3 is 2.56 bits per heavy atom. The van der Waals surface area contributed by atoms with Gasteiger partial charge in [-0.1, -0.05) is 0 Å². The highest BCUT2D eigenvalue weighted by Crippen LogP contribution is 2.31. The van der Waals surface area contributed by atoms with Crippen LogP contribution in [-0.4, -0.2) is 22.6 Å². The van der Waals surface area contributed by atoms with Gasteiger partial charge in [0, 0.05) is 13.1 Å². The molecule has 1 fully saturated rings. The summed E-state index contributed by atoms with van der Waals surface area (Å²) in [4.78, 5) is 14.2. The molecule has 2 heterocycles. The SMILES string of the molecule is O=c1[nH]c2cc(C(F)(F)F)ccc2n1C1CNC1. The van der Waals surface area contributed by atoms with Gasteiger partial charge in [0.1, 0.15) is 0 Å². The number of hydrogen-bond acceptors (Lipinski definition) is 2. The highest BCUT2D eigenvalue weighted by atomic mass is 19.4. The van der Waals surface area contributed by atoms with Gasteiger partial charge in [-0.15, -0.1) is 0 Å². The lowest BCUT2D eigenvalue weighted by atomic mass is 10.1. The lowest BCUT2D eigenvalue weighted by Gasteiger charge is -2.28. The number of benzene rings is 1. The van der Waals surface area contributed by atoms with E-state index in [1.807, 2.05) is 0 Å². The van der Waals surface area contributed by atoms with E-state index in [-0.39, 0.29) is 17.2 Å². The van der Waals surface area contributed by atoms with Gasteiger partial charge >= 0.3 is 11.9 Å². The van der Waals surface area contributed by atoms with E-state index in [2.05, 4.69) is 10.3 Å². The monoisotopic (exact) mass is 257 g/mol. The summed E-state index contributed by atoms with van der Waals surface area (Å²) in [5.74, 6) is 0. The molecule has 1 aliphatic rings. The fourth-order valence-corrected chi connectivity index (χ4v) is 2.13. The Morgan fingerprint density at radius 1 is 1.28 bits per heavy atom. The van der Waals surface area contributed by atoms with Gasteiger partial charge in [-0.05, 0) is 18.2 Å². The van der Waals surface area contributed by atoms with Crippen molar-refractivity contribution in [1.82, 2.24) is 14.9 Å². The number of H-pyrrole nitrogens is 1. The maximum absolute atomic E-state index is 12.6. The van der Waals surface area contributed by atoms with Crippen molar-refractivity contribution in [2.75, 3.05) is 13.1 Å². The molecule has 7 heteroatoms. The minimum Gasteiger partial charge on any atom is -0.313 e. The molecule has 0 aliphatic carbocycles. The topological polar surface area (TPSA) is 49.8 Å². The number of nitrogens with one attached hydrogen (secondary N) is 2. The van der Waals surface area contributed by atoms with E-state index in [0.29, 0.717) is 18.6 Å². The molecule has 1 aliphatic heterocycles. The lowest BCUT2D eigenvalue weighted by molar-refractivity contribution is -0.137. The predicted octanol–water partition coefficient (Wildman–Crippen LogP) is 1.49. The van der Waals surface area contributed by atoms with E-state index < -0.39 is 11.7 Å². The van der Waals surface area contributed by atoms with E-state index in [1.165, 1.54) is 10.6 Å². The van der Waals surface area contributed by atoms with Gasteiger partial charge in [0.25, 0.3) is 0 Å². The second kappa shape index (κ2) is 3.61. The molecule has 1 saturated heterocycles. The van der Waals surface area contributed by atoms with E-state index in [0.717, 1.165) is 12.1 Å². The number of imidazole rings is 1. The Kier molecular flexibility index (Phi) is 2.28. The van der Waals surface area contributed by atoms with Crippen molar-refractivity contribution < 1.29 is 13.2 Å².